The van der Waals surface area contributed by atoms with E-state index < -0.39 is 0 Å². The van der Waals surface area contributed by atoms with Crippen molar-refractivity contribution in [2.24, 2.45) is 0 Å². The summed E-state index contributed by atoms with van der Waals surface area (Å²) in [6, 6.07) is 19.4. The quantitative estimate of drug-likeness (QED) is 0.537. The van der Waals surface area contributed by atoms with Crippen LogP contribution in [-0.2, 0) is 4.74 Å². The Balaban J connectivity index is 1.81. The number of hydrogen-bond donors (Lipinski definition) is 2. The van der Waals surface area contributed by atoms with Gasteiger partial charge in [-0.25, -0.2) is 9.78 Å². The van der Waals surface area contributed by atoms with E-state index >= 15 is 0 Å². The van der Waals surface area contributed by atoms with Crippen LogP contribution in [0.5, 0.6) is 0 Å². The fourth-order valence-corrected chi connectivity index (χ4v) is 2.92. The molecule has 1 aromatic heterocycles. The number of fused-ring (bicyclic) bond motifs is 2. The molecule has 5 heteroatoms. The monoisotopic (exact) mass is 331 g/mol. The van der Waals surface area contributed by atoms with Gasteiger partial charge in [0.2, 0.25) is 0 Å². The Morgan fingerprint density at radius 3 is 2.76 bits per heavy atom. The van der Waals surface area contributed by atoms with Crippen LogP contribution >= 0.6 is 0 Å². The third kappa shape index (κ3) is 2.80. The Morgan fingerprint density at radius 2 is 1.92 bits per heavy atom. The Bertz CT molecular complexity index is 989. The molecule has 2 aromatic rings. The first-order valence-corrected chi connectivity index (χ1v) is 8.17. The molecule has 0 saturated heterocycles. The van der Waals surface area contributed by atoms with Crippen LogP contribution in [0.2, 0.25) is 0 Å². The minimum Gasteiger partial charge on any atom is -0.462 e. The standard InChI is InChI=1S/C20H17N3O2/c1-2-25-20(24)18-14-9-4-3-5-11-16(14)22-19(18)23-17-12-13-8-6-7-10-15(13)21-17/h3-12,21H,2H2,1H3,(H,22,23). The predicted molar refractivity (Wildman–Crippen MR) is 98.4 cm³/mol. The van der Waals surface area contributed by atoms with Crippen LogP contribution in [0.15, 0.2) is 60.7 Å². The first-order chi connectivity index (χ1) is 12.3. The fraction of sp³-hybridized carbons (Fsp3) is 0.100. The van der Waals surface area contributed by atoms with E-state index in [1.165, 1.54) is 0 Å². The van der Waals surface area contributed by atoms with E-state index in [2.05, 4.69) is 15.3 Å². The van der Waals surface area contributed by atoms with Crippen molar-refractivity contribution in [2.75, 3.05) is 11.9 Å². The average Bonchev–Trinajstić information content (AvgIpc) is 3.08. The van der Waals surface area contributed by atoms with E-state index in [0.717, 1.165) is 28.0 Å². The van der Waals surface area contributed by atoms with Crippen molar-refractivity contribution < 1.29 is 9.53 Å². The summed E-state index contributed by atoms with van der Waals surface area (Å²) in [5.41, 5.74) is 2.98. The molecule has 0 fully saturated rings. The summed E-state index contributed by atoms with van der Waals surface area (Å²) in [5.74, 6) is 0.889. The minimum absolute atomic E-state index is 0.316. The summed E-state index contributed by atoms with van der Waals surface area (Å²) < 4.78 is 5.23. The number of hydrogen-bond acceptors (Lipinski definition) is 4. The molecule has 1 aromatic carbocycles. The molecule has 0 radical (unpaired) electrons. The lowest BCUT2D eigenvalue weighted by molar-refractivity contribution is 0.0528. The number of nitrogens with one attached hydrogen (secondary N) is 2. The molecule has 0 spiro atoms. The van der Waals surface area contributed by atoms with Gasteiger partial charge in [-0.2, -0.15) is 0 Å². The van der Waals surface area contributed by atoms with Gasteiger partial charge in [0.15, 0.2) is 0 Å². The van der Waals surface area contributed by atoms with Crippen molar-refractivity contribution in [2.45, 2.75) is 6.92 Å². The van der Waals surface area contributed by atoms with Crippen LogP contribution in [0.4, 0.5) is 11.6 Å². The summed E-state index contributed by atoms with van der Waals surface area (Å²) in [7, 11) is 0. The molecule has 2 aliphatic rings. The van der Waals surface area contributed by atoms with Crippen molar-refractivity contribution in [3.05, 3.63) is 66.2 Å². The third-order valence-corrected chi connectivity index (χ3v) is 4.02. The molecule has 124 valence electrons. The predicted octanol–water partition coefficient (Wildman–Crippen LogP) is 4.59. The summed E-state index contributed by atoms with van der Waals surface area (Å²) in [6.07, 6.45) is 0. The summed E-state index contributed by atoms with van der Waals surface area (Å²) >= 11 is 0. The molecule has 0 unspecified atom stereocenters. The summed E-state index contributed by atoms with van der Waals surface area (Å²) in [4.78, 5) is 20.4. The van der Waals surface area contributed by atoms with Gasteiger partial charge in [-0.1, -0.05) is 42.5 Å². The number of para-hydroxylation sites is 1. The van der Waals surface area contributed by atoms with Gasteiger partial charge in [-0.3, -0.25) is 0 Å². The van der Waals surface area contributed by atoms with E-state index in [4.69, 9.17) is 4.74 Å². The van der Waals surface area contributed by atoms with Crippen LogP contribution in [-0.4, -0.2) is 22.5 Å². The van der Waals surface area contributed by atoms with Gasteiger partial charge in [0, 0.05) is 16.5 Å². The van der Waals surface area contributed by atoms with E-state index in [0.29, 0.717) is 18.0 Å². The zero-order valence-electron chi connectivity index (χ0n) is 13.7. The van der Waals surface area contributed by atoms with Crippen LogP contribution in [0.25, 0.3) is 22.2 Å². The maximum absolute atomic E-state index is 12.5. The molecule has 4 rings (SSSR count). The molecular formula is C20H17N3O2. The van der Waals surface area contributed by atoms with E-state index in [1.807, 2.05) is 60.7 Å². The zero-order valence-corrected chi connectivity index (χ0v) is 13.7. The number of H-pyrrole nitrogens is 1. The maximum Gasteiger partial charge on any atom is 0.342 e. The fourth-order valence-electron chi connectivity index (χ4n) is 2.92. The summed E-state index contributed by atoms with van der Waals surface area (Å²) in [6.45, 7) is 2.11. The highest BCUT2D eigenvalue weighted by molar-refractivity contribution is 6.04. The normalized spacial score (nSPS) is 10.9. The molecule has 1 aliphatic heterocycles. The Labute approximate surface area is 145 Å². The number of esters is 1. The second-order valence-electron chi connectivity index (χ2n) is 5.66. The van der Waals surface area contributed by atoms with Gasteiger partial charge in [-0.05, 0) is 25.1 Å². The van der Waals surface area contributed by atoms with Gasteiger partial charge in [0.1, 0.15) is 17.2 Å². The Hall–Kier alpha value is -3.34. The molecule has 1 aliphatic carbocycles. The SMILES string of the molecule is CCOC(=O)c1c2cccccc-2nc1Nc1cc2ccccc2[nH]1. The number of nitrogens with zero attached hydrogens (tertiary/aromatic N) is 1. The zero-order chi connectivity index (χ0) is 17.2. The first-order valence-electron chi connectivity index (χ1n) is 8.17. The topological polar surface area (TPSA) is 67.0 Å². The van der Waals surface area contributed by atoms with Gasteiger partial charge in [-0.15, -0.1) is 0 Å². The number of ether oxygens (including phenoxy) is 1. The molecule has 25 heavy (non-hydrogen) atoms. The largest absolute Gasteiger partial charge is 0.462 e. The first kappa shape index (κ1) is 15.2. The van der Waals surface area contributed by atoms with Gasteiger partial charge in [0.05, 0.1) is 12.3 Å². The molecule has 2 heterocycles. The molecule has 0 atom stereocenters. The average molecular weight is 331 g/mol. The number of aromatic nitrogens is 2. The van der Waals surface area contributed by atoms with Crippen LogP contribution < -0.4 is 5.32 Å². The lowest BCUT2D eigenvalue weighted by atomic mass is 10.1. The van der Waals surface area contributed by atoms with Crippen LogP contribution in [0.3, 0.4) is 0 Å². The van der Waals surface area contributed by atoms with Crippen molar-refractivity contribution in [1.29, 1.82) is 0 Å². The van der Waals surface area contributed by atoms with Gasteiger partial charge >= 0.3 is 5.97 Å². The number of carbonyl (C=O) groups excluding carboxylic acids is 1. The third-order valence-electron chi connectivity index (χ3n) is 4.02. The lowest BCUT2D eigenvalue weighted by Gasteiger charge is -2.05. The second-order valence-corrected chi connectivity index (χ2v) is 5.66. The lowest BCUT2D eigenvalue weighted by Crippen LogP contribution is -2.07. The van der Waals surface area contributed by atoms with Gasteiger partial charge in [0.25, 0.3) is 0 Å². The van der Waals surface area contributed by atoms with Gasteiger partial charge < -0.3 is 15.0 Å². The van der Waals surface area contributed by atoms with Crippen molar-refractivity contribution in [1.82, 2.24) is 9.97 Å². The van der Waals surface area contributed by atoms with Crippen LogP contribution in [0.1, 0.15) is 17.3 Å². The van der Waals surface area contributed by atoms with E-state index in [-0.39, 0.29) is 5.97 Å². The number of carbonyl (C=O) groups is 1. The van der Waals surface area contributed by atoms with Crippen molar-refractivity contribution >= 4 is 28.5 Å². The second kappa shape index (κ2) is 6.28. The minimum atomic E-state index is -0.380. The summed E-state index contributed by atoms with van der Waals surface area (Å²) in [5, 5.41) is 4.32. The molecule has 0 saturated carbocycles. The Kier molecular flexibility index (Phi) is 3.82. The Morgan fingerprint density at radius 1 is 1.12 bits per heavy atom. The highest BCUT2D eigenvalue weighted by Crippen LogP contribution is 2.33. The molecule has 5 nitrogen and oxygen atoms in total. The number of aromatic amines is 1. The molecule has 0 amide bonds. The highest BCUT2D eigenvalue weighted by atomic mass is 16.5. The van der Waals surface area contributed by atoms with E-state index in [9.17, 15) is 4.79 Å². The van der Waals surface area contributed by atoms with Crippen molar-refractivity contribution in [3.8, 4) is 11.3 Å². The van der Waals surface area contributed by atoms with E-state index in [1.54, 1.807) is 6.92 Å². The highest BCUT2D eigenvalue weighted by Gasteiger charge is 2.24. The molecule has 2 N–H and O–H groups in total. The maximum atomic E-state index is 12.5. The number of anilines is 2. The smallest absolute Gasteiger partial charge is 0.342 e. The van der Waals surface area contributed by atoms with Crippen molar-refractivity contribution in [3.63, 3.8) is 0 Å². The van der Waals surface area contributed by atoms with Crippen LogP contribution in [0, 0.1) is 0 Å². The molecule has 0 bridgehead atoms. The number of rotatable bonds is 4. The molecular weight excluding hydrogens is 314 g/mol. The number of benzene rings is 1.